The van der Waals surface area contributed by atoms with E-state index in [2.05, 4.69) is 25.9 Å². The molecule has 0 unspecified atom stereocenters. The summed E-state index contributed by atoms with van der Waals surface area (Å²) in [5.74, 6) is -0.606. The van der Waals surface area contributed by atoms with Gasteiger partial charge in [0.1, 0.15) is 11.4 Å². The zero-order valence-electron chi connectivity index (χ0n) is 18.3. The quantitative estimate of drug-likeness (QED) is 0.466. The topological polar surface area (TPSA) is 116 Å². The van der Waals surface area contributed by atoms with E-state index < -0.39 is 27.6 Å². The van der Waals surface area contributed by atoms with E-state index in [-0.39, 0.29) is 43.8 Å². The van der Waals surface area contributed by atoms with Crippen molar-refractivity contribution in [1.29, 1.82) is 0 Å². The van der Waals surface area contributed by atoms with Crippen LogP contribution in [0.25, 0.3) is 0 Å². The van der Waals surface area contributed by atoms with Crippen molar-refractivity contribution in [3.8, 4) is 0 Å². The van der Waals surface area contributed by atoms with E-state index in [1.165, 1.54) is 4.31 Å². The fraction of sp³-hybridized carbons (Fsp3) is 0.450. The predicted molar refractivity (Wildman–Crippen MR) is 119 cm³/mol. The van der Waals surface area contributed by atoms with Gasteiger partial charge < -0.3 is 16.0 Å². The van der Waals surface area contributed by atoms with Crippen LogP contribution in [0.4, 0.5) is 36.3 Å². The number of alkyl halides is 3. The molecule has 0 atom stereocenters. The van der Waals surface area contributed by atoms with Crippen LogP contribution >= 0.6 is 0 Å². The second-order valence-corrected chi connectivity index (χ2v) is 9.86. The summed E-state index contributed by atoms with van der Waals surface area (Å²) in [5, 5.41) is 8.19. The van der Waals surface area contributed by atoms with Gasteiger partial charge in [-0.15, -0.1) is 0 Å². The maximum Gasteiger partial charge on any atom is 0.421 e. The van der Waals surface area contributed by atoms with Crippen molar-refractivity contribution >= 4 is 39.1 Å². The van der Waals surface area contributed by atoms with Gasteiger partial charge in [-0.05, 0) is 38.0 Å². The first kappa shape index (κ1) is 24.7. The molecule has 3 rings (SSSR count). The summed E-state index contributed by atoms with van der Waals surface area (Å²) in [4.78, 5) is 19.2. The van der Waals surface area contributed by atoms with Crippen molar-refractivity contribution in [2.45, 2.75) is 38.9 Å². The van der Waals surface area contributed by atoms with E-state index in [9.17, 15) is 26.4 Å². The highest BCUT2D eigenvalue weighted by atomic mass is 32.2. The molecule has 1 aliphatic heterocycles. The highest BCUT2D eigenvalue weighted by Gasteiger charge is 2.35. The highest BCUT2D eigenvalue weighted by molar-refractivity contribution is 7.88. The third kappa shape index (κ3) is 6.32. The first-order valence-corrected chi connectivity index (χ1v) is 12.0. The van der Waals surface area contributed by atoms with Crippen molar-refractivity contribution in [2.75, 3.05) is 35.3 Å². The van der Waals surface area contributed by atoms with Crippen LogP contribution in [0.15, 0.2) is 24.4 Å². The summed E-state index contributed by atoms with van der Waals surface area (Å²) in [7, 11) is -3.43. The lowest BCUT2D eigenvalue weighted by atomic mass is 10.1. The SMILES string of the molecule is CC(C)N(CCCNc1nc(Nc2ccc3c(c2)NC(=O)C3)ncc1C(F)(F)F)S(C)(=O)=O. The zero-order valence-corrected chi connectivity index (χ0v) is 19.1. The van der Waals surface area contributed by atoms with Crippen LogP contribution in [0.1, 0.15) is 31.4 Å². The Hall–Kier alpha value is -2.93. The molecule has 0 aliphatic carbocycles. The summed E-state index contributed by atoms with van der Waals surface area (Å²) in [6.45, 7) is 3.68. The summed E-state index contributed by atoms with van der Waals surface area (Å²) in [5.41, 5.74) is 0.919. The van der Waals surface area contributed by atoms with Crippen LogP contribution in [-0.4, -0.2) is 54.0 Å². The van der Waals surface area contributed by atoms with Gasteiger partial charge in [-0.3, -0.25) is 4.79 Å². The van der Waals surface area contributed by atoms with Crippen LogP contribution in [0.2, 0.25) is 0 Å². The van der Waals surface area contributed by atoms with Crippen molar-refractivity contribution in [2.24, 2.45) is 0 Å². The lowest BCUT2D eigenvalue weighted by Gasteiger charge is -2.24. The minimum Gasteiger partial charge on any atom is -0.369 e. The molecule has 1 aromatic heterocycles. The van der Waals surface area contributed by atoms with Crippen LogP contribution in [0, 0.1) is 0 Å². The van der Waals surface area contributed by atoms with Crippen LogP contribution < -0.4 is 16.0 Å². The molecule has 0 spiro atoms. The first-order valence-electron chi connectivity index (χ1n) is 10.2. The molecule has 13 heteroatoms. The Bertz CT molecular complexity index is 1140. The summed E-state index contributed by atoms with van der Waals surface area (Å²) in [6.07, 6.45) is -2.35. The molecule has 0 saturated heterocycles. The molecule has 1 aromatic carbocycles. The maximum atomic E-state index is 13.4. The second-order valence-electron chi connectivity index (χ2n) is 7.92. The molecule has 9 nitrogen and oxygen atoms in total. The molecule has 3 N–H and O–H groups in total. The summed E-state index contributed by atoms with van der Waals surface area (Å²) in [6, 6.07) is 4.80. The number of hydrogen-bond donors (Lipinski definition) is 3. The Labute approximate surface area is 189 Å². The van der Waals surface area contributed by atoms with Crippen molar-refractivity contribution in [1.82, 2.24) is 14.3 Å². The van der Waals surface area contributed by atoms with E-state index in [0.717, 1.165) is 11.8 Å². The third-order valence-corrected chi connectivity index (χ3v) is 6.39. The molecule has 2 aromatic rings. The molecule has 1 amide bonds. The number of sulfonamides is 1. The average molecular weight is 487 g/mol. The fourth-order valence-electron chi connectivity index (χ4n) is 3.45. The van der Waals surface area contributed by atoms with Gasteiger partial charge in [0.25, 0.3) is 0 Å². The molecular formula is C20H25F3N6O3S. The molecule has 1 aliphatic rings. The molecule has 180 valence electrons. The van der Waals surface area contributed by atoms with Crippen LogP contribution in [0.5, 0.6) is 0 Å². The molecular weight excluding hydrogens is 461 g/mol. The Morgan fingerprint density at radius 2 is 2.00 bits per heavy atom. The maximum absolute atomic E-state index is 13.4. The first-order chi connectivity index (χ1) is 15.3. The molecule has 0 bridgehead atoms. The van der Waals surface area contributed by atoms with Crippen molar-refractivity contribution in [3.05, 3.63) is 35.5 Å². The Morgan fingerprint density at radius 1 is 1.27 bits per heavy atom. The number of amides is 1. The molecule has 0 saturated carbocycles. The van der Waals surface area contributed by atoms with Gasteiger partial charge in [-0.2, -0.15) is 22.5 Å². The standard InChI is InChI=1S/C20H25F3N6O3S/c1-12(2)29(33(3,31)32)8-4-7-24-18-15(20(21,22)23)11-25-19(28-18)26-14-6-5-13-9-17(30)27-16(13)10-14/h5-6,10-12H,4,7-9H2,1-3H3,(H,27,30)(H2,24,25,26,28). The molecule has 0 radical (unpaired) electrons. The van der Waals surface area contributed by atoms with E-state index in [1.54, 1.807) is 32.0 Å². The average Bonchev–Trinajstić information content (AvgIpc) is 3.05. The van der Waals surface area contributed by atoms with Gasteiger partial charge in [-0.25, -0.2) is 13.4 Å². The smallest absolute Gasteiger partial charge is 0.369 e. The number of carbonyl (C=O) groups excluding carboxylic acids is 1. The van der Waals surface area contributed by atoms with E-state index >= 15 is 0 Å². The number of carbonyl (C=O) groups is 1. The number of nitrogens with zero attached hydrogens (tertiary/aromatic N) is 3. The number of rotatable bonds is 9. The minimum absolute atomic E-state index is 0.0604. The van der Waals surface area contributed by atoms with Crippen LogP contribution in [-0.2, 0) is 27.4 Å². The number of nitrogens with one attached hydrogen (secondary N) is 3. The van der Waals surface area contributed by atoms with Gasteiger partial charge in [0.2, 0.25) is 21.9 Å². The Balaban J connectivity index is 1.73. The number of anilines is 4. The second kappa shape index (κ2) is 9.51. The third-order valence-electron chi connectivity index (χ3n) is 4.93. The normalized spacial score (nSPS) is 13.9. The Morgan fingerprint density at radius 3 is 2.64 bits per heavy atom. The number of fused-ring (bicyclic) bond motifs is 1. The van der Waals surface area contributed by atoms with Gasteiger partial charge in [0, 0.05) is 36.7 Å². The number of aromatic nitrogens is 2. The van der Waals surface area contributed by atoms with Gasteiger partial charge in [-0.1, -0.05) is 6.07 Å². The Kier molecular flexibility index (Phi) is 7.12. The van der Waals surface area contributed by atoms with E-state index in [4.69, 9.17) is 0 Å². The minimum atomic E-state index is -4.67. The number of hydrogen-bond acceptors (Lipinski definition) is 7. The van der Waals surface area contributed by atoms with Gasteiger partial charge >= 0.3 is 6.18 Å². The molecule has 33 heavy (non-hydrogen) atoms. The summed E-state index contributed by atoms with van der Waals surface area (Å²) >= 11 is 0. The summed E-state index contributed by atoms with van der Waals surface area (Å²) < 4.78 is 65.2. The zero-order chi connectivity index (χ0) is 24.4. The lowest BCUT2D eigenvalue weighted by molar-refractivity contribution is -0.137. The van der Waals surface area contributed by atoms with Crippen LogP contribution in [0.3, 0.4) is 0 Å². The molecule has 0 fully saturated rings. The van der Waals surface area contributed by atoms with Gasteiger partial charge in [0.15, 0.2) is 0 Å². The molecule has 2 heterocycles. The van der Waals surface area contributed by atoms with Gasteiger partial charge in [0.05, 0.1) is 12.7 Å². The van der Waals surface area contributed by atoms with E-state index in [0.29, 0.717) is 17.6 Å². The van der Waals surface area contributed by atoms with Crippen molar-refractivity contribution < 1.29 is 26.4 Å². The highest BCUT2D eigenvalue weighted by Crippen LogP contribution is 2.34. The van der Waals surface area contributed by atoms with Crippen molar-refractivity contribution in [3.63, 3.8) is 0 Å². The predicted octanol–water partition coefficient (Wildman–Crippen LogP) is 3.21. The number of benzene rings is 1. The lowest BCUT2D eigenvalue weighted by Crippen LogP contribution is -2.37. The monoisotopic (exact) mass is 486 g/mol. The number of halogens is 3. The fourth-order valence-corrected chi connectivity index (χ4v) is 4.68. The largest absolute Gasteiger partial charge is 0.421 e. The van der Waals surface area contributed by atoms with E-state index in [1.807, 2.05) is 0 Å².